The number of hydrogen-bond donors (Lipinski definition) is 2. The molecule has 0 saturated carbocycles. The van der Waals surface area contributed by atoms with Crippen LogP contribution in [0.2, 0.25) is 0 Å². The van der Waals surface area contributed by atoms with E-state index in [0.717, 1.165) is 13.0 Å². The minimum atomic E-state index is -4.37. The highest BCUT2D eigenvalue weighted by atomic mass is 32.2. The molecule has 1 saturated heterocycles. The molecule has 1 aromatic rings. The fourth-order valence-corrected chi connectivity index (χ4v) is 3.72. The smallest absolute Gasteiger partial charge is 0.246 e. The van der Waals surface area contributed by atoms with Gasteiger partial charge in [0.2, 0.25) is 10.0 Å². The predicted molar refractivity (Wildman–Crippen MR) is 67.1 cm³/mol. The quantitative estimate of drug-likeness (QED) is 0.883. The van der Waals surface area contributed by atoms with Gasteiger partial charge < -0.3 is 5.32 Å². The number of hydrogen-bond acceptors (Lipinski definition) is 3. The van der Waals surface area contributed by atoms with Crippen molar-refractivity contribution in [3.05, 3.63) is 29.6 Å². The van der Waals surface area contributed by atoms with Crippen LogP contribution in [0.3, 0.4) is 0 Å². The SMILES string of the molecule is CC(NS(=O)(=O)c1c(F)cc(F)cc1F)C1CCNC1. The van der Waals surface area contributed by atoms with Gasteiger partial charge in [0.25, 0.3) is 0 Å². The zero-order valence-electron chi connectivity index (χ0n) is 10.8. The first-order valence-electron chi connectivity index (χ1n) is 6.19. The average molecular weight is 308 g/mol. The van der Waals surface area contributed by atoms with Gasteiger partial charge in [0.1, 0.15) is 17.5 Å². The molecule has 8 heteroatoms. The van der Waals surface area contributed by atoms with E-state index in [-0.39, 0.29) is 5.92 Å². The van der Waals surface area contributed by atoms with Crippen LogP contribution in [-0.4, -0.2) is 27.5 Å². The third-order valence-electron chi connectivity index (χ3n) is 3.38. The van der Waals surface area contributed by atoms with E-state index in [2.05, 4.69) is 10.0 Å². The van der Waals surface area contributed by atoms with Gasteiger partial charge in [-0.2, -0.15) is 0 Å². The van der Waals surface area contributed by atoms with Crippen LogP contribution in [0.15, 0.2) is 17.0 Å². The van der Waals surface area contributed by atoms with Crippen molar-refractivity contribution in [2.24, 2.45) is 5.92 Å². The molecule has 1 aliphatic rings. The van der Waals surface area contributed by atoms with Crippen molar-refractivity contribution in [3.8, 4) is 0 Å². The maximum Gasteiger partial charge on any atom is 0.246 e. The zero-order chi connectivity index (χ0) is 14.9. The van der Waals surface area contributed by atoms with Crippen molar-refractivity contribution in [2.45, 2.75) is 24.3 Å². The Kier molecular flexibility index (Phi) is 4.36. The summed E-state index contributed by atoms with van der Waals surface area (Å²) in [5.41, 5.74) is 0. The van der Waals surface area contributed by atoms with Crippen molar-refractivity contribution < 1.29 is 21.6 Å². The van der Waals surface area contributed by atoms with Crippen LogP contribution < -0.4 is 10.0 Å². The highest BCUT2D eigenvalue weighted by Gasteiger charge is 2.30. The number of benzene rings is 1. The van der Waals surface area contributed by atoms with Crippen LogP contribution in [-0.2, 0) is 10.0 Å². The maximum absolute atomic E-state index is 13.5. The highest BCUT2D eigenvalue weighted by Crippen LogP contribution is 2.22. The number of halogens is 3. The van der Waals surface area contributed by atoms with Gasteiger partial charge >= 0.3 is 0 Å². The van der Waals surface area contributed by atoms with Crippen molar-refractivity contribution in [3.63, 3.8) is 0 Å². The molecule has 2 N–H and O–H groups in total. The molecular weight excluding hydrogens is 293 g/mol. The molecule has 2 unspecified atom stereocenters. The summed E-state index contributed by atoms with van der Waals surface area (Å²) in [7, 11) is -4.37. The lowest BCUT2D eigenvalue weighted by Crippen LogP contribution is -2.39. The molecule has 2 atom stereocenters. The Bertz CT molecular complexity index is 578. The number of sulfonamides is 1. The van der Waals surface area contributed by atoms with Crippen LogP contribution in [0.5, 0.6) is 0 Å². The average Bonchev–Trinajstić information content (AvgIpc) is 2.78. The van der Waals surface area contributed by atoms with E-state index in [1.165, 1.54) is 0 Å². The summed E-state index contributed by atoms with van der Waals surface area (Å²) in [6, 6.07) is 0.220. The van der Waals surface area contributed by atoms with E-state index in [1.807, 2.05) is 0 Å². The summed E-state index contributed by atoms with van der Waals surface area (Å²) < 4.78 is 66.1. The molecule has 2 rings (SSSR count). The third kappa shape index (κ3) is 3.13. The second kappa shape index (κ2) is 5.71. The Hall–Kier alpha value is -1.12. The van der Waals surface area contributed by atoms with Crippen molar-refractivity contribution in [1.82, 2.24) is 10.0 Å². The van der Waals surface area contributed by atoms with E-state index in [1.54, 1.807) is 6.92 Å². The van der Waals surface area contributed by atoms with E-state index in [0.29, 0.717) is 18.7 Å². The molecule has 1 heterocycles. The Morgan fingerprint density at radius 1 is 1.30 bits per heavy atom. The minimum Gasteiger partial charge on any atom is -0.316 e. The van der Waals surface area contributed by atoms with Gasteiger partial charge in [0.05, 0.1) is 0 Å². The largest absolute Gasteiger partial charge is 0.316 e. The Labute approximate surface area is 115 Å². The predicted octanol–water partition coefficient (Wildman–Crippen LogP) is 1.38. The lowest BCUT2D eigenvalue weighted by atomic mass is 10.0. The fraction of sp³-hybridized carbons (Fsp3) is 0.500. The molecule has 1 fully saturated rings. The van der Waals surface area contributed by atoms with Crippen molar-refractivity contribution >= 4 is 10.0 Å². The molecule has 0 spiro atoms. The lowest BCUT2D eigenvalue weighted by Gasteiger charge is -2.20. The summed E-state index contributed by atoms with van der Waals surface area (Å²) in [6.45, 7) is 3.04. The first-order chi connectivity index (χ1) is 9.31. The molecule has 0 aliphatic carbocycles. The normalized spacial score (nSPS) is 21.1. The van der Waals surface area contributed by atoms with Crippen LogP contribution in [0.1, 0.15) is 13.3 Å². The van der Waals surface area contributed by atoms with Gasteiger partial charge in [-0.15, -0.1) is 0 Å². The van der Waals surface area contributed by atoms with Crippen molar-refractivity contribution in [1.29, 1.82) is 0 Å². The summed E-state index contributed by atoms with van der Waals surface area (Å²) in [4.78, 5) is -1.14. The summed E-state index contributed by atoms with van der Waals surface area (Å²) in [6.07, 6.45) is 0.776. The Morgan fingerprint density at radius 2 is 1.90 bits per heavy atom. The topological polar surface area (TPSA) is 58.2 Å². The fourth-order valence-electron chi connectivity index (χ4n) is 2.29. The van der Waals surface area contributed by atoms with Gasteiger partial charge in [-0.3, -0.25) is 0 Å². The molecule has 1 aromatic carbocycles. The van der Waals surface area contributed by atoms with E-state index >= 15 is 0 Å². The van der Waals surface area contributed by atoms with Crippen LogP contribution in [0.4, 0.5) is 13.2 Å². The van der Waals surface area contributed by atoms with Crippen molar-refractivity contribution in [2.75, 3.05) is 13.1 Å². The Balaban J connectivity index is 2.26. The van der Waals surface area contributed by atoms with E-state index < -0.39 is 38.4 Å². The molecular formula is C12H15F3N2O2S. The maximum atomic E-state index is 13.5. The first-order valence-corrected chi connectivity index (χ1v) is 7.67. The van der Waals surface area contributed by atoms with Gasteiger partial charge in [0.15, 0.2) is 4.90 Å². The summed E-state index contributed by atoms with van der Waals surface area (Å²) >= 11 is 0. The summed E-state index contributed by atoms with van der Waals surface area (Å²) in [5, 5.41) is 3.08. The number of rotatable bonds is 4. The molecule has 112 valence electrons. The number of nitrogens with one attached hydrogen (secondary N) is 2. The molecule has 0 bridgehead atoms. The van der Waals surface area contributed by atoms with E-state index in [9.17, 15) is 21.6 Å². The van der Waals surface area contributed by atoms with Gasteiger partial charge in [0, 0.05) is 18.2 Å². The molecule has 1 aliphatic heterocycles. The molecule has 0 aromatic heterocycles. The van der Waals surface area contributed by atoms with Gasteiger partial charge in [-0.1, -0.05) is 0 Å². The standard InChI is InChI=1S/C12H15F3N2O2S/c1-7(8-2-3-16-6-8)17-20(18,19)12-10(14)4-9(13)5-11(12)15/h4-5,7-8,16-17H,2-3,6H2,1H3. The second-order valence-electron chi connectivity index (χ2n) is 4.86. The molecule has 0 amide bonds. The minimum absolute atomic E-state index is 0.0522. The molecule has 0 radical (unpaired) electrons. The molecule has 4 nitrogen and oxygen atoms in total. The van der Waals surface area contributed by atoms with Gasteiger partial charge in [-0.05, 0) is 32.4 Å². The first kappa shape index (κ1) is 15.3. The van der Waals surface area contributed by atoms with Gasteiger partial charge in [-0.25, -0.2) is 26.3 Å². The third-order valence-corrected chi connectivity index (χ3v) is 4.99. The van der Waals surface area contributed by atoms with Crippen LogP contribution in [0.25, 0.3) is 0 Å². The highest BCUT2D eigenvalue weighted by molar-refractivity contribution is 7.89. The Morgan fingerprint density at radius 3 is 2.40 bits per heavy atom. The zero-order valence-corrected chi connectivity index (χ0v) is 11.6. The van der Waals surface area contributed by atoms with E-state index in [4.69, 9.17) is 0 Å². The monoisotopic (exact) mass is 308 g/mol. The van der Waals surface area contributed by atoms with Crippen LogP contribution >= 0.6 is 0 Å². The molecule has 20 heavy (non-hydrogen) atoms. The lowest BCUT2D eigenvalue weighted by molar-refractivity contribution is 0.438. The van der Waals surface area contributed by atoms with Crippen LogP contribution in [0, 0.1) is 23.4 Å². The summed E-state index contributed by atoms with van der Waals surface area (Å²) in [5.74, 6) is -3.98. The second-order valence-corrected chi connectivity index (χ2v) is 6.51.